The smallest absolute Gasteiger partial charge is 0.304 e. The molecule has 0 saturated carbocycles. The van der Waals surface area contributed by atoms with Gasteiger partial charge in [-0.15, -0.1) is 0 Å². The molecule has 1 fully saturated rings. The number of sulfone groups is 1. The minimum absolute atomic E-state index is 0.0372. The minimum Gasteiger partial charge on any atom is -0.481 e. The fourth-order valence-corrected chi connectivity index (χ4v) is 3.70. The van der Waals surface area contributed by atoms with Crippen molar-refractivity contribution < 1.29 is 23.1 Å². The highest BCUT2D eigenvalue weighted by atomic mass is 32.2. The zero-order valence-electron chi connectivity index (χ0n) is 10.4. The van der Waals surface area contributed by atoms with Gasteiger partial charge in [0, 0.05) is 19.6 Å². The van der Waals surface area contributed by atoms with E-state index in [2.05, 4.69) is 5.32 Å². The average Bonchev–Trinajstić information content (AvgIpc) is 2.25. The molecule has 1 aliphatic rings. The number of carbonyl (C=O) groups excluding carboxylic acids is 1. The summed E-state index contributed by atoms with van der Waals surface area (Å²) in [5, 5.41) is 11.3. The second kappa shape index (κ2) is 5.66. The van der Waals surface area contributed by atoms with E-state index in [0.29, 0.717) is 0 Å². The van der Waals surface area contributed by atoms with Crippen LogP contribution < -0.4 is 5.32 Å². The second-order valence-corrected chi connectivity index (χ2v) is 6.62. The van der Waals surface area contributed by atoms with Gasteiger partial charge in [0.2, 0.25) is 5.91 Å². The Labute approximate surface area is 106 Å². The van der Waals surface area contributed by atoms with Crippen molar-refractivity contribution in [1.82, 2.24) is 10.2 Å². The lowest BCUT2D eigenvalue weighted by molar-refractivity contribution is -0.139. The fraction of sp³-hybridized carbons (Fsp3) is 0.800. The summed E-state index contributed by atoms with van der Waals surface area (Å²) in [6.07, 6.45) is -0.277. The van der Waals surface area contributed by atoms with E-state index < -0.39 is 27.9 Å². The minimum atomic E-state index is -3.21. The molecule has 0 aromatic rings. The molecule has 1 rings (SSSR count). The van der Waals surface area contributed by atoms with Gasteiger partial charge in [-0.3, -0.25) is 14.5 Å². The largest absolute Gasteiger partial charge is 0.481 e. The second-order valence-electron chi connectivity index (χ2n) is 4.39. The van der Waals surface area contributed by atoms with Crippen LogP contribution in [-0.4, -0.2) is 67.5 Å². The lowest BCUT2D eigenvalue weighted by Crippen LogP contribution is -2.56. The number of rotatable bonds is 4. The first-order valence-corrected chi connectivity index (χ1v) is 7.48. The van der Waals surface area contributed by atoms with Crippen LogP contribution in [0.4, 0.5) is 0 Å². The molecular formula is C10H18N2O5S. The van der Waals surface area contributed by atoms with Gasteiger partial charge in [-0.2, -0.15) is 0 Å². The van der Waals surface area contributed by atoms with Gasteiger partial charge in [0.05, 0.1) is 24.0 Å². The molecule has 0 aromatic carbocycles. The van der Waals surface area contributed by atoms with E-state index in [-0.39, 0.29) is 30.4 Å². The van der Waals surface area contributed by atoms with Crippen molar-refractivity contribution >= 4 is 21.7 Å². The molecule has 0 bridgehead atoms. The Morgan fingerprint density at radius 3 is 2.61 bits per heavy atom. The molecule has 1 amide bonds. The Kier molecular flexibility index (Phi) is 4.69. The maximum atomic E-state index is 11.6. The summed E-state index contributed by atoms with van der Waals surface area (Å²) in [6, 6.07) is -1.18. The number of carboxylic acids is 1. The molecule has 8 heteroatoms. The van der Waals surface area contributed by atoms with Crippen LogP contribution in [0.3, 0.4) is 0 Å². The normalized spacial score (nSPS) is 25.3. The first kappa shape index (κ1) is 14.9. The third kappa shape index (κ3) is 3.67. The van der Waals surface area contributed by atoms with Crippen molar-refractivity contribution in [3.63, 3.8) is 0 Å². The molecule has 0 spiro atoms. The summed E-state index contributed by atoms with van der Waals surface area (Å²) in [4.78, 5) is 24.0. The van der Waals surface area contributed by atoms with Gasteiger partial charge in [0.15, 0.2) is 9.84 Å². The van der Waals surface area contributed by atoms with Gasteiger partial charge < -0.3 is 10.4 Å². The lowest BCUT2D eigenvalue weighted by Gasteiger charge is -2.37. The van der Waals surface area contributed by atoms with Crippen molar-refractivity contribution in [3.8, 4) is 0 Å². The summed E-state index contributed by atoms with van der Waals surface area (Å²) in [5.74, 6) is -1.55. The maximum absolute atomic E-state index is 11.6. The Morgan fingerprint density at radius 1 is 1.50 bits per heavy atom. The molecule has 1 saturated heterocycles. The molecule has 2 unspecified atom stereocenters. The van der Waals surface area contributed by atoms with Crippen LogP contribution in [0.15, 0.2) is 0 Å². The van der Waals surface area contributed by atoms with E-state index in [1.165, 1.54) is 7.05 Å². The molecule has 1 aliphatic heterocycles. The fourth-order valence-electron chi connectivity index (χ4n) is 2.15. The van der Waals surface area contributed by atoms with Gasteiger partial charge in [0.1, 0.15) is 0 Å². The number of nitrogens with zero attached hydrogens (tertiary/aromatic N) is 1. The van der Waals surface area contributed by atoms with Crippen molar-refractivity contribution in [1.29, 1.82) is 0 Å². The van der Waals surface area contributed by atoms with E-state index >= 15 is 0 Å². The predicted octanol–water partition coefficient (Wildman–Crippen LogP) is -1.31. The molecule has 7 nitrogen and oxygen atoms in total. The Balaban J connectivity index is 2.87. The number of hydrogen-bond donors (Lipinski definition) is 2. The zero-order valence-corrected chi connectivity index (χ0v) is 11.2. The van der Waals surface area contributed by atoms with Crippen LogP contribution in [0, 0.1) is 0 Å². The first-order valence-electron chi connectivity index (χ1n) is 5.66. The van der Waals surface area contributed by atoms with Crippen LogP contribution in [-0.2, 0) is 19.4 Å². The summed E-state index contributed by atoms with van der Waals surface area (Å²) in [6.45, 7) is 1.83. The van der Waals surface area contributed by atoms with Crippen LogP contribution in [0.2, 0.25) is 0 Å². The molecule has 104 valence electrons. The zero-order chi connectivity index (χ0) is 13.9. The third-order valence-electron chi connectivity index (χ3n) is 3.11. The van der Waals surface area contributed by atoms with E-state index in [1.807, 2.05) is 0 Å². The number of hydrogen-bond acceptors (Lipinski definition) is 5. The molecule has 2 atom stereocenters. The average molecular weight is 278 g/mol. The number of likely N-dealkylation sites (N-methyl/N-ethyl adjacent to an activating group) is 1. The number of amides is 1. The Hall–Kier alpha value is -1.15. The Morgan fingerprint density at radius 2 is 2.11 bits per heavy atom. The SMILES string of the molecule is CNC(=O)C(C)N1CCS(=O)(=O)CC1CC(=O)O. The van der Waals surface area contributed by atoms with Crippen molar-refractivity contribution in [2.45, 2.75) is 25.4 Å². The number of carbonyl (C=O) groups is 2. The van der Waals surface area contributed by atoms with E-state index in [0.717, 1.165) is 0 Å². The van der Waals surface area contributed by atoms with Gasteiger partial charge in [-0.1, -0.05) is 0 Å². The lowest BCUT2D eigenvalue weighted by atomic mass is 10.1. The molecule has 0 radical (unpaired) electrons. The van der Waals surface area contributed by atoms with Crippen molar-refractivity contribution in [2.24, 2.45) is 0 Å². The standard InChI is InChI=1S/C10H18N2O5S/c1-7(10(15)11-2)12-3-4-18(16,17)6-8(12)5-9(13)14/h7-8H,3-6H2,1-2H3,(H,11,15)(H,13,14). The van der Waals surface area contributed by atoms with E-state index in [4.69, 9.17) is 5.11 Å². The highest BCUT2D eigenvalue weighted by molar-refractivity contribution is 7.91. The van der Waals surface area contributed by atoms with Crippen LogP contribution in [0.25, 0.3) is 0 Å². The number of nitrogens with one attached hydrogen (secondary N) is 1. The highest BCUT2D eigenvalue weighted by Crippen LogP contribution is 2.18. The van der Waals surface area contributed by atoms with Gasteiger partial charge in [-0.25, -0.2) is 8.42 Å². The summed E-state index contributed by atoms with van der Waals surface area (Å²) in [7, 11) is -1.72. The van der Waals surface area contributed by atoms with Gasteiger partial charge in [-0.05, 0) is 6.92 Å². The highest BCUT2D eigenvalue weighted by Gasteiger charge is 2.36. The molecule has 0 aromatic heterocycles. The number of carboxylic acid groups (broad SMARTS) is 1. The van der Waals surface area contributed by atoms with Crippen LogP contribution in [0.5, 0.6) is 0 Å². The van der Waals surface area contributed by atoms with E-state index in [9.17, 15) is 18.0 Å². The van der Waals surface area contributed by atoms with Crippen molar-refractivity contribution in [2.75, 3.05) is 25.1 Å². The van der Waals surface area contributed by atoms with E-state index in [1.54, 1.807) is 11.8 Å². The monoisotopic (exact) mass is 278 g/mol. The summed E-state index contributed by atoms with van der Waals surface area (Å²) < 4.78 is 23.1. The first-order chi connectivity index (χ1) is 8.26. The van der Waals surface area contributed by atoms with Gasteiger partial charge >= 0.3 is 5.97 Å². The molecule has 0 aliphatic carbocycles. The molecule has 18 heavy (non-hydrogen) atoms. The Bertz CT molecular complexity index is 434. The van der Waals surface area contributed by atoms with Crippen LogP contribution >= 0.6 is 0 Å². The molecular weight excluding hydrogens is 260 g/mol. The predicted molar refractivity (Wildman–Crippen MR) is 64.9 cm³/mol. The summed E-state index contributed by atoms with van der Waals surface area (Å²) >= 11 is 0. The number of aliphatic carboxylic acids is 1. The van der Waals surface area contributed by atoms with Crippen molar-refractivity contribution in [3.05, 3.63) is 0 Å². The third-order valence-corrected chi connectivity index (χ3v) is 4.81. The molecule has 2 N–H and O–H groups in total. The van der Waals surface area contributed by atoms with Gasteiger partial charge in [0.25, 0.3) is 0 Å². The maximum Gasteiger partial charge on any atom is 0.304 e. The topological polar surface area (TPSA) is 104 Å². The quantitative estimate of drug-likeness (QED) is 0.662. The molecule has 1 heterocycles. The van der Waals surface area contributed by atoms with Crippen LogP contribution in [0.1, 0.15) is 13.3 Å². The summed E-state index contributed by atoms with van der Waals surface area (Å²) in [5.41, 5.74) is 0.